The molecule has 1 unspecified atom stereocenters. The van der Waals surface area contributed by atoms with E-state index in [9.17, 15) is 4.79 Å². The number of aryl methyl sites for hydroxylation is 1. The van der Waals surface area contributed by atoms with E-state index in [0.717, 1.165) is 42.7 Å². The van der Waals surface area contributed by atoms with Crippen LogP contribution in [0.2, 0.25) is 0 Å². The van der Waals surface area contributed by atoms with E-state index in [4.69, 9.17) is 9.47 Å². The standard InChI is InChI=1S/C30H36O3/c1-4-6-7-21-32-28-17-11-25(12-18-28)22-23(3)30(31)33-29-19-15-27(16-20-29)26-13-9-24(8-5-2)10-14-26/h9-20,23H,4-8,21-22H2,1-3H3. The molecule has 3 rings (SSSR count). The molecule has 0 aliphatic heterocycles. The zero-order valence-corrected chi connectivity index (χ0v) is 20.2. The van der Waals surface area contributed by atoms with Crippen molar-refractivity contribution in [1.82, 2.24) is 0 Å². The number of rotatable bonds is 12. The van der Waals surface area contributed by atoms with Crippen molar-refractivity contribution in [2.45, 2.75) is 59.3 Å². The summed E-state index contributed by atoms with van der Waals surface area (Å²) in [6, 6.07) is 24.4. The van der Waals surface area contributed by atoms with E-state index in [1.807, 2.05) is 55.5 Å². The Hall–Kier alpha value is -3.07. The number of ether oxygens (including phenoxy) is 2. The third-order valence-corrected chi connectivity index (χ3v) is 5.78. The summed E-state index contributed by atoms with van der Waals surface area (Å²) >= 11 is 0. The van der Waals surface area contributed by atoms with Crippen molar-refractivity contribution >= 4 is 5.97 Å². The number of hydrogen-bond acceptors (Lipinski definition) is 3. The second-order valence-corrected chi connectivity index (χ2v) is 8.70. The van der Waals surface area contributed by atoms with E-state index in [1.165, 1.54) is 24.0 Å². The fourth-order valence-corrected chi connectivity index (χ4v) is 3.79. The minimum atomic E-state index is -0.230. The highest BCUT2D eigenvalue weighted by atomic mass is 16.5. The van der Waals surface area contributed by atoms with Gasteiger partial charge in [-0.1, -0.05) is 88.6 Å². The highest BCUT2D eigenvalue weighted by molar-refractivity contribution is 5.75. The van der Waals surface area contributed by atoms with Gasteiger partial charge in [-0.05, 0) is 65.8 Å². The monoisotopic (exact) mass is 444 g/mol. The van der Waals surface area contributed by atoms with E-state index >= 15 is 0 Å². The molecule has 3 heteroatoms. The van der Waals surface area contributed by atoms with E-state index in [0.29, 0.717) is 12.2 Å². The Balaban J connectivity index is 1.50. The van der Waals surface area contributed by atoms with Crippen LogP contribution in [0.15, 0.2) is 72.8 Å². The maximum Gasteiger partial charge on any atom is 0.314 e. The Morgan fingerprint density at radius 1 is 0.727 bits per heavy atom. The van der Waals surface area contributed by atoms with Crippen LogP contribution in [-0.4, -0.2) is 12.6 Å². The smallest absolute Gasteiger partial charge is 0.314 e. The van der Waals surface area contributed by atoms with Crippen molar-refractivity contribution in [2.75, 3.05) is 6.61 Å². The first-order chi connectivity index (χ1) is 16.1. The van der Waals surface area contributed by atoms with Gasteiger partial charge in [0.25, 0.3) is 0 Å². The lowest BCUT2D eigenvalue weighted by Crippen LogP contribution is -2.19. The van der Waals surface area contributed by atoms with Gasteiger partial charge in [-0.25, -0.2) is 0 Å². The molecule has 0 aromatic heterocycles. The predicted molar refractivity (Wildman–Crippen MR) is 136 cm³/mol. The lowest BCUT2D eigenvalue weighted by molar-refractivity contribution is -0.138. The highest BCUT2D eigenvalue weighted by Crippen LogP contribution is 2.24. The largest absolute Gasteiger partial charge is 0.494 e. The third kappa shape index (κ3) is 7.78. The van der Waals surface area contributed by atoms with Crippen molar-refractivity contribution in [1.29, 1.82) is 0 Å². The quantitative estimate of drug-likeness (QED) is 0.163. The topological polar surface area (TPSA) is 35.5 Å². The van der Waals surface area contributed by atoms with Crippen molar-refractivity contribution in [3.63, 3.8) is 0 Å². The summed E-state index contributed by atoms with van der Waals surface area (Å²) in [7, 11) is 0. The first kappa shape index (κ1) is 24.6. The molecule has 0 spiro atoms. The fourth-order valence-electron chi connectivity index (χ4n) is 3.79. The molecule has 33 heavy (non-hydrogen) atoms. The van der Waals surface area contributed by atoms with Crippen LogP contribution in [0.3, 0.4) is 0 Å². The van der Waals surface area contributed by atoms with Crippen molar-refractivity contribution in [3.8, 4) is 22.6 Å². The SMILES string of the molecule is CCCCCOc1ccc(CC(C)C(=O)Oc2ccc(-c3ccc(CCC)cc3)cc2)cc1. The Bertz CT molecular complexity index is 973. The maximum atomic E-state index is 12.6. The Labute approximate surface area is 198 Å². The lowest BCUT2D eigenvalue weighted by atomic mass is 10.0. The molecule has 3 aromatic carbocycles. The summed E-state index contributed by atoms with van der Waals surface area (Å²) in [4.78, 5) is 12.6. The second kappa shape index (κ2) is 12.8. The highest BCUT2D eigenvalue weighted by Gasteiger charge is 2.16. The van der Waals surface area contributed by atoms with Gasteiger partial charge in [0.2, 0.25) is 0 Å². The second-order valence-electron chi connectivity index (χ2n) is 8.70. The van der Waals surface area contributed by atoms with Crippen molar-refractivity contribution in [3.05, 3.63) is 83.9 Å². The number of unbranched alkanes of at least 4 members (excludes halogenated alkanes) is 2. The Morgan fingerprint density at radius 2 is 1.30 bits per heavy atom. The predicted octanol–water partition coefficient (Wildman–Crippen LogP) is 7.66. The average Bonchev–Trinajstić information content (AvgIpc) is 2.84. The summed E-state index contributed by atoms with van der Waals surface area (Å²) in [6.45, 7) is 7.03. The van der Waals surface area contributed by atoms with Crippen LogP contribution in [0.25, 0.3) is 11.1 Å². The molecule has 0 bridgehead atoms. The third-order valence-electron chi connectivity index (χ3n) is 5.78. The van der Waals surface area contributed by atoms with Crippen LogP contribution < -0.4 is 9.47 Å². The first-order valence-electron chi connectivity index (χ1n) is 12.2. The van der Waals surface area contributed by atoms with E-state index < -0.39 is 0 Å². The van der Waals surface area contributed by atoms with Gasteiger partial charge < -0.3 is 9.47 Å². The molecule has 0 N–H and O–H groups in total. The molecule has 0 radical (unpaired) electrons. The Morgan fingerprint density at radius 3 is 1.91 bits per heavy atom. The van der Waals surface area contributed by atoms with Crippen molar-refractivity contribution in [2.24, 2.45) is 5.92 Å². The van der Waals surface area contributed by atoms with Gasteiger partial charge in [0.05, 0.1) is 12.5 Å². The van der Waals surface area contributed by atoms with E-state index in [1.54, 1.807) is 0 Å². The molecule has 0 heterocycles. The zero-order valence-electron chi connectivity index (χ0n) is 20.2. The molecule has 3 nitrogen and oxygen atoms in total. The molecule has 0 saturated carbocycles. The van der Waals surface area contributed by atoms with Crippen LogP contribution in [0.1, 0.15) is 57.6 Å². The van der Waals surface area contributed by atoms with Crippen LogP contribution in [0, 0.1) is 5.92 Å². The summed E-state index contributed by atoms with van der Waals surface area (Å²) < 4.78 is 11.4. The minimum absolute atomic E-state index is 0.216. The molecule has 0 amide bonds. The molecule has 0 aliphatic carbocycles. The summed E-state index contributed by atoms with van der Waals surface area (Å²) in [5.41, 5.74) is 4.74. The van der Waals surface area contributed by atoms with Crippen LogP contribution in [0.4, 0.5) is 0 Å². The molecule has 0 fully saturated rings. The van der Waals surface area contributed by atoms with Crippen LogP contribution in [0.5, 0.6) is 11.5 Å². The minimum Gasteiger partial charge on any atom is -0.494 e. The van der Waals surface area contributed by atoms with Gasteiger partial charge in [-0.15, -0.1) is 0 Å². The zero-order chi connectivity index (χ0) is 23.5. The lowest BCUT2D eigenvalue weighted by Gasteiger charge is -2.12. The average molecular weight is 445 g/mol. The maximum absolute atomic E-state index is 12.6. The van der Waals surface area contributed by atoms with Gasteiger partial charge >= 0.3 is 5.97 Å². The van der Waals surface area contributed by atoms with Gasteiger partial charge in [0, 0.05) is 0 Å². The summed E-state index contributed by atoms with van der Waals surface area (Å²) in [5, 5.41) is 0. The number of benzene rings is 3. The number of carbonyl (C=O) groups is 1. The summed E-state index contributed by atoms with van der Waals surface area (Å²) in [6.07, 6.45) is 6.34. The van der Waals surface area contributed by atoms with Gasteiger partial charge in [-0.3, -0.25) is 4.79 Å². The molecule has 3 aromatic rings. The number of esters is 1. The number of hydrogen-bond donors (Lipinski definition) is 0. The fraction of sp³-hybridized carbons (Fsp3) is 0.367. The van der Waals surface area contributed by atoms with Gasteiger partial charge in [0.1, 0.15) is 11.5 Å². The molecule has 1 atom stereocenters. The van der Waals surface area contributed by atoms with Crippen molar-refractivity contribution < 1.29 is 14.3 Å². The van der Waals surface area contributed by atoms with E-state index in [2.05, 4.69) is 38.1 Å². The molecule has 0 saturated heterocycles. The number of carbonyl (C=O) groups excluding carboxylic acids is 1. The molecule has 174 valence electrons. The van der Waals surface area contributed by atoms with Gasteiger partial charge in [0.15, 0.2) is 0 Å². The molecular weight excluding hydrogens is 408 g/mol. The summed E-state index contributed by atoms with van der Waals surface area (Å²) in [5.74, 6) is 1.01. The normalized spacial score (nSPS) is 11.7. The van der Waals surface area contributed by atoms with E-state index in [-0.39, 0.29) is 11.9 Å². The molecule has 0 aliphatic rings. The molecular formula is C30H36O3. The van der Waals surface area contributed by atoms with Crippen LogP contribution in [-0.2, 0) is 17.6 Å². The van der Waals surface area contributed by atoms with Gasteiger partial charge in [-0.2, -0.15) is 0 Å². The van der Waals surface area contributed by atoms with Crippen LogP contribution >= 0.6 is 0 Å². The first-order valence-corrected chi connectivity index (χ1v) is 12.2. The Kier molecular flexibility index (Phi) is 9.56.